The molecule has 0 aromatic carbocycles. The lowest BCUT2D eigenvalue weighted by Crippen LogP contribution is -2.16. The zero-order valence-corrected chi connectivity index (χ0v) is 12.0. The summed E-state index contributed by atoms with van der Waals surface area (Å²) in [5.74, 6) is 0.246. The third-order valence-electron chi connectivity index (χ3n) is 2.42. The van der Waals surface area contributed by atoms with E-state index in [-0.39, 0.29) is 10.7 Å². The number of rotatable bonds is 5. The number of pyridine rings is 1. The third kappa shape index (κ3) is 3.49. The minimum Gasteiger partial charge on any atom is -0.363 e. The van der Waals surface area contributed by atoms with Crippen LogP contribution >= 0.6 is 11.3 Å². The predicted molar refractivity (Wildman–Crippen MR) is 74.4 cm³/mol. The maximum Gasteiger partial charge on any atom is 0.241 e. The van der Waals surface area contributed by atoms with Gasteiger partial charge in [-0.15, -0.1) is 11.3 Å². The van der Waals surface area contributed by atoms with Crippen molar-refractivity contribution in [3.05, 3.63) is 34.4 Å². The van der Waals surface area contributed by atoms with Gasteiger partial charge >= 0.3 is 0 Å². The summed E-state index contributed by atoms with van der Waals surface area (Å²) in [5.41, 5.74) is 0.855. The van der Waals surface area contributed by atoms with Gasteiger partial charge in [0.15, 0.2) is 0 Å². The Morgan fingerprint density at radius 3 is 2.89 bits per heavy atom. The molecule has 19 heavy (non-hydrogen) atoms. The highest BCUT2D eigenvalue weighted by atomic mass is 32.2. The predicted octanol–water partition coefficient (Wildman–Crippen LogP) is 1.36. The van der Waals surface area contributed by atoms with Crippen molar-refractivity contribution in [3.63, 3.8) is 0 Å². The van der Waals surface area contributed by atoms with Crippen LogP contribution in [0.3, 0.4) is 0 Å². The molecule has 0 unspecified atom stereocenters. The van der Waals surface area contributed by atoms with Crippen molar-refractivity contribution in [1.82, 2.24) is 9.97 Å². The molecule has 0 saturated carbocycles. The number of nitrogens with one attached hydrogen (secondary N) is 1. The summed E-state index contributed by atoms with van der Waals surface area (Å²) < 4.78 is 22.8. The summed E-state index contributed by atoms with van der Waals surface area (Å²) in [6, 6.07) is 2.95. The van der Waals surface area contributed by atoms with E-state index in [0.717, 1.165) is 17.1 Å². The number of aryl methyl sites for hydroxylation is 1. The lowest BCUT2D eigenvalue weighted by atomic mass is 10.4. The highest BCUT2D eigenvalue weighted by molar-refractivity contribution is 7.89. The fourth-order valence-corrected chi connectivity index (χ4v) is 2.93. The number of primary sulfonamides is 1. The molecular formula is C11H14N4O2S2. The van der Waals surface area contributed by atoms with Gasteiger partial charge in [-0.1, -0.05) is 6.92 Å². The quantitative estimate of drug-likeness (QED) is 0.868. The van der Waals surface area contributed by atoms with Gasteiger partial charge in [-0.2, -0.15) is 0 Å². The van der Waals surface area contributed by atoms with E-state index in [9.17, 15) is 8.42 Å². The Labute approximate surface area is 115 Å². The molecule has 2 heterocycles. The summed E-state index contributed by atoms with van der Waals surface area (Å²) in [6.07, 6.45) is 2.40. The summed E-state index contributed by atoms with van der Waals surface area (Å²) in [4.78, 5) is 8.36. The first-order chi connectivity index (χ1) is 9.00. The van der Waals surface area contributed by atoms with Crippen molar-refractivity contribution in [2.24, 2.45) is 5.14 Å². The fraction of sp³-hybridized carbons (Fsp3) is 0.273. The number of sulfonamides is 1. The first-order valence-electron chi connectivity index (χ1n) is 5.65. The second-order valence-corrected chi connectivity index (χ2v) is 6.31. The number of hydrogen-bond acceptors (Lipinski definition) is 6. The molecule has 0 saturated heterocycles. The molecule has 2 aromatic rings. The van der Waals surface area contributed by atoms with Crippen LogP contribution in [0.5, 0.6) is 0 Å². The smallest absolute Gasteiger partial charge is 0.241 e. The lowest BCUT2D eigenvalue weighted by Gasteiger charge is -2.07. The van der Waals surface area contributed by atoms with Crippen molar-refractivity contribution in [2.45, 2.75) is 24.8 Å². The van der Waals surface area contributed by atoms with E-state index in [1.165, 1.54) is 18.3 Å². The topological polar surface area (TPSA) is 98.0 Å². The lowest BCUT2D eigenvalue weighted by molar-refractivity contribution is 0.597. The van der Waals surface area contributed by atoms with Gasteiger partial charge in [0.2, 0.25) is 10.0 Å². The van der Waals surface area contributed by atoms with Gasteiger partial charge in [0.25, 0.3) is 0 Å². The maximum absolute atomic E-state index is 11.4. The molecule has 0 aliphatic carbocycles. The fourth-order valence-electron chi connectivity index (χ4n) is 1.52. The number of nitrogens with two attached hydrogens (primary N) is 1. The second-order valence-electron chi connectivity index (χ2n) is 3.83. The molecule has 8 heteroatoms. The Kier molecular flexibility index (Phi) is 4.13. The molecule has 2 aromatic heterocycles. The van der Waals surface area contributed by atoms with Gasteiger partial charge in [0.1, 0.15) is 10.7 Å². The van der Waals surface area contributed by atoms with Crippen molar-refractivity contribution in [1.29, 1.82) is 0 Å². The summed E-state index contributed by atoms with van der Waals surface area (Å²) in [6.45, 7) is 2.45. The van der Waals surface area contributed by atoms with Gasteiger partial charge in [-0.05, 0) is 18.6 Å². The SMILES string of the molecule is CCc1nc(CNc2ncccc2S(N)(=O)=O)cs1. The van der Waals surface area contributed by atoms with Crippen LogP contribution in [-0.4, -0.2) is 18.4 Å². The molecule has 6 nitrogen and oxygen atoms in total. The Morgan fingerprint density at radius 1 is 1.47 bits per heavy atom. The van der Waals surface area contributed by atoms with Crippen molar-refractivity contribution < 1.29 is 8.42 Å². The number of thiazole rings is 1. The zero-order valence-electron chi connectivity index (χ0n) is 10.3. The van der Waals surface area contributed by atoms with E-state index in [1.807, 2.05) is 12.3 Å². The zero-order chi connectivity index (χ0) is 13.9. The number of anilines is 1. The standard InChI is InChI=1S/C11H14N4O2S2/c1-2-10-15-8(7-18-10)6-14-11-9(19(12,16)17)4-3-5-13-11/h3-5,7H,2,6H2,1H3,(H,13,14)(H2,12,16,17). The third-order valence-corrected chi connectivity index (χ3v) is 4.40. The molecule has 3 N–H and O–H groups in total. The molecule has 0 aliphatic rings. The van der Waals surface area contributed by atoms with E-state index in [0.29, 0.717) is 6.54 Å². The van der Waals surface area contributed by atoms with Crippen molar-refractivity contribution in [3.8, 4) is 0 Å². The Hall–Kier alpha value is -1.51. The summed E-state index contributed by atoms with van der Waals surface area (Å²) >= 11 is 1.58. The van der Waals surface area contributed by atoms with Crippen LogP contribution in [0.2, 0.25) is 0 Å². The highest BCUT2D eigenvalue weighted by Gasteiger charge is 2.14. The van der Waals surface area contributed by atoms with E-state index in [4.69, 9.17) is 5.14 Å². The van der Waals surface area contributed by atoms with Crippen LogP contribution in [0.1, 0.15) is 17.6 Å². The van der Waals surface area contributed by atoms with Gasteiger partial charge in [-0.25, -0.2) is 23.5 Å². The van der Waals surface area contributed by atoms with E-state index < -0.39 is 10.0 Å². The van der Waals surface area contributed by atoms with Crippen LogP contribution in [0.15, 0.2) is 28.6 Å². The first kappa shape index (κ1) is 13.9. The summed E-state index contributed by atoms with van der Waals surface area (Å²) in [5, 5.41) is 11.1. The Balaban J connectivity index is 2.16. The summed E-state index contributed by atoms with van der Waals surface area (Å²) in [7, 11) is -3.78. The normalized spacial score (nSPS) is 11.5. The molecule has 2 rings (SSSR count). The number of nitrogens with zero attached hydrogens (tertiary/aromatic N) is 2. The molecule has 0 aliphatic heterocycles. The van der Waals surface area contributed by atoms with E-state index in [1.54, 1.807) is 11.3 Å². The second kappa shape index (κ2) is 5.64. The molecule has 102 valence electrons. The highest BCUT2D eigenvalue weighted by Crippen LogP contribution is 2.18. The van der Waals surface area contributed by atoms with Gasteiger partial charge in [0, 0.05) is 11.6 Å². The van der Waals surface area contributed by atoms with Gasteiger partial charge < -0.3 is 5.32 Å². The minimum absolute atomic E-state index is 0.0130. The molecule has 0 fully saturated rings. The Morgan fingerprint density at radius 2 is 2.26 bits per heavy atom. The first-order valence-corrected chi connectivity index (χ1v) is 8.08. The maximum atomic E-state index is 11.4. The number of aromatic nitrogens is 2. The van der Waals surface area contributed by atoms with Crippen LogP contribution in [-0.2, 0) is 23.0 Å². The van der Waals surface area contributed by atoms with Gasteiger partial charge in [0.05, 0.1) is 17.2 Å². The van der Waals surface area contributed by atoms with Crippen molar-refractivity contribution >= 4 is 27.2 Å². The van der Waals surface area contributed by atoms with E-state index >= 15 is 0 Å². The minimum atomic E-state index is -3.78. The molecule has 0 radical (unpaired) electrons. The molecule has 0 atom stereocenters. The van der Waals surface area contributed by atoms with E-state index in [2.05, 4.69) is 15.3 Å². The molecule has 0 spiro atoms. The van der Waals surface area contributed by atoms with Crippen molar-refractivity contribution in [2.75, 3.05) is 5.32 Å². The van der Waals surface area contributed by atoms with Crippen LogP contribution < -0.4 is 10.5 Å². The molecule has 0 bridgehead atoms. The number of hydrogen-bond donors (Lipinski definition) is 2. The largest absolute Gasteiger partial charge is 0.363 e. The van der Waals surface area contributed by atoms with Crippen LogP contribution in [0.4, 0.5) is 5.82 Å². The van der Waals surface area contributed by atoms with Crippen LogP contribution in [0.25, 0.3) is 0 Å². The average Bonchev–Trinajstić information content (AvgIpc) is 2.83. The van der Waals surface area contributed by atoms with Gasteiger partial charge in [-0.3, -0.25) is 0 Å². The monoisotopic (exact) mass is 298 g/mol. The average molecular weight is 298 g/mol. The van der Waals surface area contributed by atoms with Crippen LogP contribution in [0, 0.1) is 0 Å². The molecular weight excluding hydrogens is 284 g/mol. The Bertz CT molecular complexity index is 667. The molecule has 0 amide bonds.